The number of hydrogen-bond acceptors (Lipinski definition) is 4. The van der Waals surface area contributed by atoms with E-state index in [9.17, 15) is 4.79 Å². The van der Waals surface area contributed by atoms with Crippen LogP contribution in [0, 0.1) is 0 Å². The van der Waals surface area contributed by atoms with Gasteiger partial charge < -0.3 is 14.8 Å². The molecule has 0 spiro atoms. The van der Waals surface area contributed by atoms with Crippen molar-refractivity contribution < 1.29 is 4.79 Å². The normalized spacial score (nSPS) is 15.9. The molecular weight excluding hydrogens is 494 g/mol. The molecule has 0 aliphatic carbocycles. The molecule has 1 unspecified atom stereocenters. The van der Waals surface area contributed by atoms with Crippen LogP contribution in [-0.4, -0.2) is 59.1 Å². The fourth-order valence-electron chi connectivity index (χ4n) is 5.14. The third-order valence-corrected chi connectivity index (χ3v) is 7.41. The zero-order valence-electron chi connectivity index (χ0n) is 21.5. The SMILES string of the molecule is O=C(CCn1ccnc1-c1ccccc1)NCCN1CCN(c2ccc(Cl)cc2)CC1Cc1ccccc1. The lowest BCUT2D eigenvalue weighted by Crippen LogP contribution is -2.55. The van der Waals surface area contributed by atoms with Gasteiger partial charge in [0.05, 0.1) is 0 Å². The lowest BCUT2D eigenvalue weighted by molar-refractivity contribution is -0.121. The molecule has 1 amide bonds. The molecule has 6 nitrogen and oxygen atoms in total. The molecule has 0 saturated carbocycles. The van der Waals surface area contributed by atoms with E-state index in [1.165, 1.54) is 11.3 Å². The molecule has 0 radical (unpaired) electrons. The van der Waals surface area contributed by atoms with Gasteiger partial charge in [0.2, 0.25) is 5.91 Å². The molecule has 1 atom stereocenters. The Bertz CT molecular complexity index is 1290. The number of rotatable bonds is 10. The van der Waals surface area contributed by atoms with Crippen molar-refractivity contribution in [1.82, 2.24) is 19.8 Å². The molecule has 1 fully saturated rings. The van der Waals surface area contributed by atoms with E-state index in [2.05, 4.69) is 62.6 Å². The van der Waals surface area contributed by atoms with Gasteiger partial charge in [-0.1, -0.05) is 72.3 Å². The van der Waals surface area contributed by atoms with Crippen LogP contribution in [0.2, 0.25) is 5.02 Å². The quantitative estimate of drug-likeness (QED) is 0.310. The number of anilines is 1. The van der Waals surface area contributed by atoms with Crippen LogP contribution in [0.5, 0.6) is 0 Å². The van der Waals surface area contributed by atoms with Gasteiger partial charge in [-0.3, -0.25) is 9.69 Å². The van der Waals surface area contributed by atoms with Crippen molar-refractivity contribution in [3.63, 3.8) is 0 Å². The van der Waals surface area contributed by atoms with E-state index in [0.717, 1.165) is 49.0 Å². The van der Waals surface area contributed by atoms with E-state index in [0.29, 0.717) is 25.6 Å². The Kier molecular flexibility index (Phi) is 8.74. The van der Waals surface area contributed by atoms with Crippen LogP contribution in [0.3, 0.4) is 0 Å². The predicted molar refractivity (Wildman–Crippen MR) is 154 cm³/mol. The summed E-state index contributed by atoms with van der Waals surface area (Å²) in [6.07, 6.45) is 5.12. The maximum atomic E-state index is 12.7. The van der Waals surface area contributed by atoms with Crippen molar-refractivity contribution in [1.29, 1.82) is 0 Å². The number of carbonyl (C=O) groups excluding carboxylic acids is 1. The largest absolute Gasteiger partial charge is 0.369 e. The summed E-state index contributed by atoms with van der Waals surface area (Å²) in [6, 6.07) is 29.2. The molecular formula is C31H34ClN5O. The molecule has 4 aromatic rings. The summed E-state index contributed by atoms with van der Waals surface area (Å²) in [7, 11) is 0. The van der Waals surface area contributed by atoms with Gasteiger partial charge in [-0.15, -0.1) is 0 Å². The first-order chi connectivity index (χ1) is 18.7. The minimum atomic E-state index is 0.0668. The molecule has 1 saturated heterocycles. The van der Waals surface area contributed by atoms with Crippen molar-refractivity contribution >= 4 is 23.2 Å². The number of halogens is 1. The van der Waals surface area contributed by atoms with Gasteiger partial charge in [0, 0.05) is 80.4 Å². The highest BCUT2D eigenvalue weighted by Gasteiger charge is 2.27. The topological polar surface area (TPSA) is 53.4 Å². The molecule has 196 valence electrons. The highest BCUT2D eigenvalue weighted by molar-refractivity contribution is 6.30. The van der Waals surface area contributed by atoms with Crippen molar-refractivity contribution in [3.8, 4) is 11.4 Å². The number of benzene rings is 3. The van der Waals surface area contributed by atoms with Crippen molar-refractivity contribution in [2.75, 3.05) is 37.6 Å². The second kappa shape index (κ2) is 12.8. The molecule has 38 heavy (non-hydrogen) atoms. The Balaban J connectivity index is 1.14. The van der Waals surface area contributed by atoms with Gasteiger partial charge in [-0.2, -0.15) is 0 Å². The highest BCUT2D eigenvalue weighted by Crippen LogP contribution is 2.23. The maximum Gasteiger partial charge on any atom is 0.221 e. The summed E-state index contributed by atoms with van der Waals surface area (Å²) in [5, 5.41) is 3.90. The third kappa shape index (κ3) is 6.82. The number of nitrogens with one attached hydrogen (secondary N) is 1. The average Bonchev–Trinajstić information content (AvgIpc) is 3.43. The fourth-order valence-corrected chi connectivity index (χ4v) is 5.27. The summed E-state index contributed by atoms with van der Waals surface area (Å²) >= 11 is 6.11. The minimum Gasteiger partial charge on any atom is -0.369 e. The van der Waals surface area contributed by atoms with Gasteiger partial charge in [-0.25, -0.2) is 4.98 Å². The molecule has 7 heteroatoms. The molecule has 1 N–H and O–H groups in total. The first kappa shape index (κ1) is 26.0. The van der Waals surface area contributed by atoms with E-state index >= 15 is 0 Å². The van der Waals surface area contributed by atoms with Crippen LogP contribution in [-0.2, 0) is 17.8 Å². The summed E-state index contributed by atoms with van der Waals surface area (Å²) in [4.78, 5) is 22.1. The number of imidazole rings is 1. The van der Waals surface area contributed by atoms with E-state index in [4.69, 9.17) is 11.6 Å². The number of hydrogen-bond donors (Lipinski definition) is 1. The predicted octanol–water partition coefficient (Wildman–Crippen LogP) is 5.14. The van der Waals surface area contributed by atoms with Crippen molar-refractivity contribution in [3.05, 3.63) is 108 Å². The Labute approximate surface area is 229 Å². The lowest BCUT2D eigenvalue weighted by atomic mass is 10.0. The molecule has 0 bridgehead atoms. The maximum absolute atomic E-state index is 12.7. The number of amides is 1. The number of carbonyl (C=O) groups is 1. The third-order valence-electron chi connectivity index (χ3n) is 7.16. The zero-order valence-corrected chi connectivity index (χ0v) is 22.3. The van der Waals surface area contributed by atoms with Crippen LogP contribution in [0.15, 0.2) is 97.3 Å². The van der Waals surface area contributed by atoms with Gasteiger partial charge in [-0.05, 0) is 36.2 Å². The summed E-state index contributed by atoms with van der Waals surface area (Å²) in [5.41, 5.74) is 3.59. The second-order valence-corrected chi connectivity index (χ2v) is 10.1. The van der Waals surface area contributed by atoms with Gasteiger partial charge >= 0.3 is 0 Å². The Hall–Kier alpha value is -3.61. The molecule has 1 aliphatic heterocycles. The second-order valence-electron chi connectivity index (χ2n) is 9.71. The van der Waals surface area contributed by atoms with Crippen LogP contribution in [0.4, 0.5) is 5.69 Å². The summed E-state index contributed by atoms with van der Waals surface area (Å²) in [5.74, 6) is 0.956. The molecule has 1 aromatic heterocycles. The highest BCUT2D eigenvalue weighted by atomic mass is 35.5. The van der Waals surface area contributed by atoms with Gasteiger partial charge in [0.25, 0.3) is 0 Å². The summed E-state index contributed by atoms with van der Waals surface area (Å²) < 4.78 is 2.04. The minimum absolute atomic E-state index is 0.0668. The number of nitrogens with zero attached hydrogens (tertiary/aromatic N) is 4. The first-order valence-electron chi connectivity index (χ1n) is 13.3. The zero-order chi connectivity index (χ0) is 26.2. The number of piperazine rings is 1. The van der Waals surface area contributed by atoms with E-state index in [-0.39, 0.29) is 5.91 Å². The molecule has 2 heterocycles. The van der Waals surface area contributed by atoms with Gasteiger partial charge in [0.1, 0.15) is 5.82 Å². The van der Waals surface area contributed by atoms with Crippen LogP contribution < -0.4 is 10.2 Å². The summed E-state index contributed by atoms with van der Waals surface area (Å²) in [6.45, 7) is 4.91. The molecule has 1 aliphatic rings. The molecule has 5 rings (SSSR count). The number of aromatic nitrogens is 2. The monoisotopic (exact) mass is 527 g/mol. The number of aryl methyl sites for hydroxylation is 1. The Morgan fingerprint density at radius 2 is 1.66 bits per heavy atom. The molecule has 3 aromatic carbocycles. The Morgan fingerprint density at radius 1 is 0.921 bits per heavy atom. The van der Waals surface area contributed by atoms with Crippen LogP contribution in [0.25, 0.3) is 11.4 Å². The van der Waals surface area contributed by atoms with Crippen LogP contribution in [0.1, 0.15) is 12.0 Å². The average molecular weight is 528 g/mol. The standard InChI is InChI=1S/C31H34ClN5O/c32-27-11-13-28(14-12-27)37-22-21-35(29(24-37)23-25-7-3-1-4-8-25)19-16-33-30(38)15-18-36-20-17-34-31(36)26-9-5-2-6-10-26/h1-14,17,20,29H,15-16,18-19,21-24H2,(H,33,38). The van der Waals surface area contributed by atoms with E-state index in [1.54, 1.807) is 6.20 Å². The van der Waals surface area contributed by atoms with E-state index < -0.39 is 0 Å². The smallest absolute Gasteiger partial charge is 0.221 e. The Morgan fingerprint density at radius 3 is 2.42 bits per heavy atom. The van der Waals surface area contributed by atoms with E-state index in [1.807, 2.05) is 53.2 Å². The first-order valence-corrected chi connectivity index (χ1v) is 13.7. The van der Waals surface area contributed by atoms with Crippen molar-refractivity contribution in [2.24, 2.45) is 0 Å². The fraction of sp³-hybridized carbons (Fsp3) is 0.290. The van der Waals surface area contributed by atoms with Gasteiger partial charge in [0.15, 0.2) is 0 Å². The van der Waals surface area contributed by atoms with Crippen molar-refractivity contribution in [2.45, 2.75) is 25.4 Å². The lowest BCUT2D eigenvalue weighted by Gasteiger charge is -2.42. The van der Waals surface area contributed by atoms with Crippen LogP contribution >= 0.6 is 11.6 Å².